The molecule has 1 aromatic carbocycles. The molecule has 2 aromatic rings. The van der Waals surface area contributed by atoms with E-state index in [0.29, 0.717) is 17.7 Å². The van der Waals surface area contributed by atoms with E-state index in [4.69, 9.17) is 4.74 Å². The number of rotatable bonds is 5. The van der Waals surface area contributed by atoms with Gasteiger partial charge in [-0.3, -0.25) is 0 Å². The minimum absolute atomic E-state index is 0.291. The Labute approximate surface area is 123 Å². The van der Waals surface area contributed by atoms with Gasteiger partial charge in [0.2, 0.25) is 0 Å². The molecule has 0 bridgehead atoms. The molecular formula is C16H20N2O3. The first-order chi connectivity index (χ1) is 10.2. The van der Waals surface area contributed by atoms with E-state index in [2.05, 4.69) is 16.5 Å². The Hall–Kier alpha value is -1.88. The van der Waals surface area contributed by atoms with Gasteiger partial charge < -0.3 is 14.4 Å². The number of ether oxygens (including phenoxy) is 1. The summed E-state index contributed by atoms with van der Waals surface area (Å²) in [5.41, 5.74) is 1.85. The molecule has 1 heterocycles. The maximum atomic E-state index is 11.5. The van der Waals surface area contributed by atoms with Crippen molar-refractivity contribution in [2.45, 2.75) is 45.3 Å². The summed E-state index contributed by atoms with van der Waals surface area (Å²) >= 11 is 0. The molecule has 5 nitrogen and oxygen atoms in total. The summed E-state index contributed by atoms with van der Waals surface area (Å²) in [6, 6.07) is 5.59. The van der Waals surface area contributed by atoms with Crippen LogP contribution in [0.2, 0.25) is 0 Å². The van der Waals surface area contributed by atoms with Gasteiger partial charge in [0.25, 0.3) is 0 Å². The fourth-order valence-corrected chi connectivity index (χ4v) is 3.13. The van der Waals surface area contributed by atoms with Crippen molar-refractivity contribution < 1.29 is 14.6 Å². The Morgan fingerprint density at radius 2 is 2.19 bits per heavy atom. The molecule has 0 saturated heterocycles. The van der Waals surface area contributed by atoms with Crippen LogP contribution in [0.1, 0.15) is 48.9 Å². The lowest BCUT2D eigenvalue weighted by atomic mass is 9.88. The molecule has 1 saturated carbocycles. The lowest BCUT2D eigenvalue weighted by molar-refractivity contribution is -0.0193. The van der Waals surface area contributed by atoms with Crippen LogP contribution in [0.4, 0.5) is 0 Å². The fraction of sp³-hybridized carbons (Fsp3) is 0.500. The van der Waals surface area contributed by atoms with E-state index in [-0.39, 0.29) is 0 Å². The Bertz CT molecular complexity index is 671. The van der Waals surface area contributed by atoms with Gasteiger partial charge in [0, 0.05) is 19.1 Å². The summed E-state index contributed by atoms with van der Waals surface area (Å²) in [6.07, 6.45) is 2.95. The van der Waals surface area contributed by atoms with E-state index in [0.717, 1.165) is 42.7 Å². The molecule has 1 fully saturated rings. The Balaban J connectivity index is 2.06. The second-order valence-electron chi connectivity index (χ2n) is 5.43. The van der Waals surface area contributed by atoms with Gasteiger partial charge in [-0.2, -0.15) is 0 Å². The van der Waals surface area contributed by atoms with Crippen LogP contribution in [0.15, 0.2) is 18.2 Å². The smallest absolute Gasteiger partial charge is 0.337 e. The maximum Gasteiger partial charge on any atom is 0.337 e. The van der Waals surface area contributed by atoms with Crippen molar-refractivity contribution in [3.8, 4) is 0 Å². The van der Waals surface area contributed by atoms with Crippen LogP contribution in [-0.4, -0.2) is 33.3 Å². The predicted octanol–water partition coefficient (Wildman–Crippen LogP) is 3.04. The van der Waals surface area contributed by atoms with Crippen LogP contribution >= 0.6 is 0 Å². The molecule has 0 unspecified atom stereocenters. The second kappa shape index (κ2) is 5.48. The van der Waals surface area contributed by atoms with Crippen LogP contribution in [0.25, 0.3) is 11.0 Å². The van der Waals surface area contributed by atoms with Crippen LogP contribution in [-0.2, 0) is 11.2 Å². The van der Waals surface area contributed by atoms with Crippen molar-refractivity contribution in [1.29, 1.82) is 0 Å². The van der Waals surface area contributed by atoms with Gasteiger partial charge in [-0.15, -0.1) is 0 Å². The van der Waals surface area contributed by atoms with Gasteiger partial charge >= 0.3 is 5.97 Å². The number of hydrogen-bond donors (Lipinski definition) is 1. The summed E-state index contributed by atoms with van der Waals surface area (Å²) in [4.78, 5) is 16.1. The van der Waals surface area contributed by atoms with Crippen molar-refractivity contribution in [3.63, 3.8) is 0 Å². The number of aryl methyl sites for hydroxylation is 1. The maximum absolute atomic E-state index is 11.5. The average Bonchev–Trinajstić information content (AvgIpc) is 2.80. The van der Waals surface area contributed by atoms with E-state index in [1.54, 1.807) is 12.1 Å². The number of hydrogen-bond acceptors (Lipinski definition) is 3. The molecule has 112 valence electrons. The third-order valence-corrected chi connectivity index (χ3v) is 4.17. The number of para-hydroxylation sites is 1. The first-order valence-corrected chi connectivity index (χ1v) is 7.50. The first-order valence-electron chi connectivity index (χ1n) is 7.50. The SMILES string of the molecule is CCOC1CC(n2c(CC)nc3cccc(C(=O)O)c32)C1. The van der Waals surface area contributed by atoms with Crippen molar-refractivity contribution in [1.82, 2.24) is 9.55 Å². The zero-order valence-corrected chi connectivity index (χ0v) is 12.4. The number of aromatic nitrogens is 2. The van der Waals surface area contributed by atoms with E-state index in [9.17, 15) is 9.90 Å². The molecular weight excluding hydrogens is 268 g/mol. The number of benzene rings is 1. The molecule has 0 amide bonds. The lowest BCUT2D eigenvalue weighted by Gasteiger charge is -2.37. The molecule has 21 heavy (non-hydrogen) atoms. The number of aromatic carboxylic acids is 1. The fourth-order valence-electron chi connectivity index (χ4n) is 3.13. The number of carboxylic acid groups (broad SMARTS) is 1. The molecule has 1 aliphatic rings. The number of nitrogens with zero attached hydrogens (tertiary/aromatic N) is 2. The third-order valence-electron chi connectivity index (χ3n) is 4.17. The number of fused-ring (bicyclic) bond motifs is 1. The summed E-state index contributed by atoms with van der Waals surface area (Å²) in [5.74, 6) is 0.0590. The normalized spacial score (nSPS) is 21.4. The topological polar surface area (TPSA) is 64.4 Å². The van der Waals surface area contributed by atoms with E-state index in [1.807, 2.05) is 13.0 Å². The molecule has 1 aromatic heterocycles. The highest BCUT2D eigenvalue weighted by Crippen LogP contribution is 2.38. The van der Waals surface area contributed by atoms with Crippen LogP contribution < -0.4 is 0 Å². The van der Waals surface area contributed by atoms with Gasteiger partial charge in [-0.05, 0) is 31.9 Å². The summed E-state index contributed by atoms with van der Waals surface area (Å²) in [7, 11) is 0. The number of imidazole rings is 1. The molecule has 0 radical (unpaired) electrons. The van der Waals surface area contributed by atoms with Gasteiger partial charge in [-0.25, -0.2) is 9.78 Å². The molecule has 0 spiro atoms. The zero-order valence-electron chi connectivity index (χ0n) is 12.4. The molecule has 3 rings (SSSR count). The zero-order chi connectivity index (χ0) is 15.0. The average molecular weight is 288 g/mol. The minimum Gasteiger partial charge on any atom is -0.478 e. The van der Waals surface area contributed by atoms with E-state index < -0.39 is 5.97 Å². The van der Waals surface area contributed by atoms with Crippen LogP contribution in [0.5, 0.6) is 0 Å². The van der Waals surface area contributed by atoms with E-state index >= 15 is 0 Å². The van der Waals surface area contributed by atoms with Crippen molar-refractivity contribution in [2.24, 2.45) is 0 Å². The summed E-state index contributed by atoms with van der Waals surface area (Å²) in [6.45, 7) is 4.78. The van der Waals surface area contributed by atoms with Crippen LogP contribution in [0, 0.1) is 0 Å². The van der Waals surface area contributed by atoms with Crippen molar-refractivity contribution in [2.75, 3.05) is 6.61 Å². The highest BCUT2D eigenvalue weighted by Gasteiger charge is 2.34. The Kier molecular flexibility index (Phi) is 3.68. The van der Waals surface area contributed by atoms with E-state index in [1.165, 1.54) is 0 Å². The molecule has 0 aliphatic heterocycles. The number of carbonyl (C=O) groups is 1. The van der Waals surface area contributed by atoms with Crippen LogP contribution in [0.3, 0.4) is 0 Å². The predicted molar refractivity (Wildman–Crippen MR) is 79.8 cm³/mol. The molecule has 1 aliphatic carbocycles. The van der Waals surface area contributed by atoms with Gasteiger partial charge in [0.1, 0.15) is 5.82 Å². The van der Waals surface area contributed by atoms with Gasteiger partial charge in [-0.1, -0.05) is 13.0 Å². The Morgan fingerprint density at radius 3 is 2.81 bits per heavy atom. The summed E-state index contributed by atoms with van der Waals surface area (Å²) < 4.78 is 7.74. The number of carboxylic acids is 1. The first kappa shape index (κ1) is 14.1. The third kappa shape index (κ3) is 2.31. The highest BCUT2D eigenvalue weighted by atomic mass is 16.5. The molecule has 1 N–H and O–H groups in total. The molecule has 0 atom stereocenters. The minimum atomic E-state index is -0.898. The van der Waals surface area contributed by atoms with Crippen molar-refractivity contribution in [3.05, 3.63) is 29.6 Å². The highest BCUT2D eigenvalue weighted by molar-refractivity contribution is 6.01. The standard InChI is InChI=1S/C16H20N2O3/c1-3-14-17-13-7-5-6-12(16(19)20)15(13)18(14)10-8-11(9-10)21-4-2/h5-7,10-11H,3-4,8-9H2,1-2H3,(H,19,20). The monoisotopic (exact) mass is 288 g/mol. The lowest BCUT2D eigenvalue weighted by Crippen LogP contribution is -2.34. The quantitative estimate of drug-likeness (QED) is 0.918. The van der Waals surface area contributed by atoms with Gasteiger partial charge in [0.15, 0.2) is 0 Å². The second-order valence-corrected chi connectivity index (χ2v) is 5.43. The van der Waals surface area contributed by atoms with Crippen molar-refractivity contribution >= 4 is 17.0 Å². The van der Waals surface area contributed by atoms with Gasteiger partial charge in [0.05, 0.1) is 22.7 Å². The Morgan fingerprint density at radius 1 is 1.43 bits per heavy atom. The largest absolute Gasteiger partial charge is 0.478 e. The summed E-state index contributed by atoms with van der Waals surface area (Å²) in [5, 5.41) is 9.43. The molecule has 5 heteroatoms.